The summed E-state index contributed by atoms with van der Waals surface area (Å²) in [5, 5.41) is 1.07. The quantitative estimate of drug-likeness (QED) is 0.830. The van der Waals surface area contributed by atoms with Gasteiger partial charge in [0.2, 0.25) is 0 Å². The lowest BCUT2D eigenvalue weighted by molar-refractivity contribution is 0.0244. The molecule has 26 heavy (non-hydrogen) atoms. The number of carbonyl (C=O) groups is 1. The second kappa shape index (κ2) is 8.37. The SMILES string of the molecule is O=C(c1ccc2ccccc2n1)N1CCCSCC1CN1CCOCC1. The average Bonchev–Trinajstić information content (AvgIpc) is 2.93. The Kier molecular flexibility index (Phi) is 5.72. The number of pyridine rings is 1. The maximum absolute atomic E-state index is 13.3. The zero-order valence-electron chi connectivity index (χ0n) is 15.0. The molecule has 0 radical (unpaired) electrons. The number of carbonyl (C=O) groups excluding carboxylic acids is 1. The Hall–Kier alpha value is -1.63. The largest absolute Gasteiger partial charge is 0.379 e. The van der Waals surface area contributed by atoms with Crippen molar-refractivity contribution < 1.29 is 9.53 Å². The zero-order valence-corrected chi connectivity index (χ0v) is 15.8. The summed E-state index contributed by atoms with van der Waals surface area (Å²) in [6.45, 7) is 5.24. The molecular formula is C20H25N3O2S. The molecule has 0 bridgehead atoms. The molecule has 2 aliphatic heterocycles. The third-order valence-electron chi connectivity index (χ3n) is 5.09. The van der Waals surface area contributed by atoms with Gasteiger partial charge >= 0.3 is 0 Å². The van der Waals surface area contributed by atoms with Crippen LogP contribution in [0.5, 0.6) is 0 Å². The molecule has 3 heterocycles. The number of para-hydroxylation sites is 1. The number of hydrogen-bond acceptors (Lipinski definition) is 5. The molecular weight excluding hydrogens is 346 g/mol. The van der Waals surface area contributed by atoms with E-state index in [2.05, 4.69) is 14.8 Å². The van der Waals surface area contributed by atoms with Crippen molar-refractivity contribution in [2.24, 2.45) is 0 Å². The van der Waals surface area contributed by atoms with Gasteiger partial charge in [0.05, 0.1) is 24.8 Å². The minimum atomic E-state index is 0.0662. The number of benzene rings is 1. The Labute approximate surface area is 158 Å². The Balaban J connectivity index is 1.55. The van der Waals surface area contributed by atoms with Gasteiger partial charge in [-0.1, -0.05) is 24.3 Å². The molecule has 0 spiro atoms. The summed E-state index contributed by atoms with van der Waals surface area (Å²) in [6.07, 6.45) is 1.05. The zero-order chi connectivity index (χ0) is 17.8. The molecule has 2 aliphatic rings. The van der Waals surface area contributed by atoms with Gasteiger partial charge in [-0.25, -0.2) is 4.98 Å². The van der Waals surface area contributed by atoms with E-state index in [1.807, 2.05) is 48.2 Å². The summed E-state index contributed by atoms with van der Waals surface area (Å²) >= 11 is 1.96. The number of fused-ring (bicyclic) bond motifs is 1. The van der Waals surface area contributed by atoms with Crippen LogP contribution < -0.4 is 0 Å². The minimum absolute atomic E-state index is 0.0662. The van der Waals surface area contributed by atoms with Crippen LogP contribution in [0.1, 0.15) is 16.9 Å². The normalized spacial score (nSPS) is 22.3. The highest BCUT2D eigenvalue weighted by Gasteiger charge is 2.29. The predicted octanol–water partition coefficient (Wildman–Crippen LogP) is 2.51. The maximum Gasteiger partial charge on any atom is 0.272 e. The standard InChI is InChI=1S/C20H25N3O2S/c24-20(19-7-6-16-4-1-2-5-18(16)21-19)23-8-3-13-26-15-17(23)14-22-9-11-25-12-10-22/h1-2,4-7,17H,3,8-15H2. The van der Waals surface area contributed by atoms with E-state index in [0.29, 0.717) is 5.69 Å². The molecule has 1 atom stereocenters. The van der Waals surface area contributed by atoms with E-state index in [4.69, 9.17) is 4.74 Å². The minimum Gasteiger partial charge on any atom is -0.379 e. The van der Waals surface area contributed by atoms with Gasteiger partial charge in [-0.3, -0.25) is 9.69 Å². The summed E-state index contributed by atoms with van der Waals surface area (Å²) in [7, 11) is 0. The highest BCUT2D eigenvalue weighted by Crippen LogP contribution is 2.21. The number of rotatable bonds is 3. The Morgan fingerprint density at radius 3 is 2.88 bits per heavy atom. The Bertz CT molecular complexity index is 764. The van der Waals surface area contributed by atoms with E-state index in [9.17, 15) is 4.79 Å². The third kappa shape index (κ3) is 4.03. The lowest BCUT2D eigenvalue weighted by atomic mass is 10.1. The molecule has 138 valence electrons. The molecule has 4 rings (SSSR count). The maximum atomic E-state index is 13.3. The summed E-state index contributed by atoms with van der Waals surface area (Å²) in [4.78, 5) is 22.4. The van der Waals surface area contributed by atoms with Crippen LogP contribution >= 0.6 is 11.8 Å². The topological polar surface area (TPSA) is 45.7 Å². The van der Waals surface area contributed by atoms with Crippen molar-refractivity contribution in [1.82, 2.24) is 14.8 Å². The first-order valence-corrected chi connectivity index (χ1v) is 10.5. The van der Waals surface area contributed by atoms with Crippen LogP contribution in [0.25, 0.3) is 10.9 Å². The number of amides is 1. The van der Waals surface area contributed by atoms with Crippen LogP contribution in [0.2, 0.25) is 0 Å². The van der Waals surface area contributed by atoms with Crippen molar-refractivity contribution in [2.45, 2.75) is 12.5 Å². The second-order valence-electron chi connectivity index (χ2n) is 6.88. The molecule has 2 saturated heterocycles. The van der Waals surface area contributed by atoms with Crippen molar-refractivity contribution in [3.8, 4) is 0 Å². The van der Waals surface area contributed by atoms with Gasteiger partial charge in [0.25, 0.3) is 5.91 Å². The lowest BCUT2D eigenvalue weighted by Gasteiger charge is -2.35. The lowest BCUT2D eigenvalue weighted by Crippen LogP contribution is -2.50. The van der Waals surface area contributed by atoms with Crippen molar-refractivity contribution in [1.29, 1.82) is 0 Å². The van der Waals surface area contributed by atoms with Crippen LogP contribution in [0, 0.1) is 0 Å². The third-order valence-corrected chi connectivity index (χ3v) is 6.29. The molecule has 1 aromatic carbocycles. The summed E-state index contributed by atoms with van der Waals surface area (Å²) in [5.74, 6) is 2.18. The summed E-state index contributed by atoms with van der Waals surface area (Å²) in [6, 6.07) is 12.1. The van der Waals surface area contributed by atoms with Gasteiger partial charge in [-0.15, -0.1) is 0 Å². The van der Waals surface area contributed by atoms with Gasteiger partial charge in [-0.05, 0) is 24.3 Å². The highest BCUT2D eigenvalue weighted by molar-refractivity contribution is 7.99. The fourth-order valence-corrected chi connectivity index (χ4v) is 4.72. The van der Waals surface area contributed by atoms with Gasteiger partial charge in [0.1, 0.15) is 5.69 Å². The number of hydrogen-bond donors (Lipinski definition) is 0. The van der Waals surface area contributed by atoms with E-state index in [-0.39, 0.29) is 11.9 Å². The molecule has 1 amide bonds. The van der Waals surface area contributed by atoms with E-state index >= 15 is 0 Å². The molecule has 2 fully saturated rings. The Morgan fingerprint density at radius 2 is 2.00 bits per heavy atom. The van der Waals surface area contributed by atoms with E-state index in [1.165, 1.54) is 0 Å². The van der Waals surface area contributed by atoms with Crippen LogP contribution in [0.4, 0.5) is 0 Å². The van der Waals surface area contributed by atoms with E-state index in [0.717, 1.165) is 68.2 Å². The smallest absolute Gasteiger partial charge is 0.272 e. The number of ether oxygens (including phenoxy) is 1. The number of aromatic nitrogens is 1. The summed E-state index contributed by atoms with van der Waals surface area (Å²) in [5.41, 5.74) is 1.44. The average molecular weight is 372 g/mol. The van der Waals surface area contributed by atoms with Gasteiger partial charge in [0.15, 0.2) is 0 Å². The summed E-state index contributed by atoms with van der Waals surface area (Å²) < 4.78 is 5.46. The number of nitrogens with zero attached hydrogens (tertiary/aromatic N) is 3. The van der Waals surface area contributed by atoms with Gasteiger partial charge in [-0.2, -0.15) is 11.8 Å². The van der Waals surface area contributed by atoms with Crippen molar-refractivity contribution >= 4 is 28.6 Å². The molecule has 0 saturated carbocycles. The van der Waals surface area contributed by atoms with Crippen molar-refractivity contribution in [3.63, 3.8) is 0 Å². The van der Waals surface area contributed by atoms with Gasteiger partial charge < -0.3 is 9.64 Å². The van der Waals surface area contributed by atoms with E-state index in [1.54, 1.807) is 0 Å². The first-order chi connectivity index (χ1) is 12.8. The van der Waals surface area contributed by atoms with Crippen LogP contribution in [-0.4, -0.2) is 77.6 Å². The molecule has 0 N–H and O–H groups in total. The van der Waals surface area contributed by atoms with Gasteiger partial charge in [0, 0.05) is 37.3 Å². The van der Waals surface area contributed by atoms with Crippen LogP contribution in [0.3, 0.4) is 0 Å². The molecule has 2 aromatic rings. The van der Waals surface area contributed by atoms with Crippen LogP contribution in [0.15, 0.2) is 36.4 Å². The fraction of sp³-hybridized carbons (Fsp3) is 0.500. The fourth-order valence-electron chi connectivity index (χ4n) is 3.66. The van der Waals surface area contributed by atoms with Crippen molar-refractivity contribution in [2.75, 3.05) is 50.9 Å². The molecule has 1 aromatic heterocycles. The first kappa shape index (κ1) is 17.8. The van der Waals surface area contributed by atoms with E-state index < -0.39 is 0 Å². The molecule has 1 unspecified atom stereocenters. The highest BCUT2D eigenvalue weighted by atomic mass is 32.2. The van der Waals surface area contributed by atoms with Crippen molar-refractivity contribution in [3.05, 3.63) is 42.1 Å². The molecule has 0 aliphatic carbocycles. The monoisotopic (exact) mass is 371 g/mol. The first-order valence-electron chi connectivity index (χ1n) is 9.36. The van der Waals surface area contributed by atoms with Crippen LogP contribution in [-0.2, 0) is 4.74 Å². The molecule has 5 nitrogen and oxygen atoms in total. The number of thioether (sulfide) groups is 1. The second-order valence-corrected chi connectivity index (χ2v) is 8.03. The number of morpholine rings is 1. The molecule has 6 heteroatoms. The predicted molar refractivity (Wildman–Crippen MR) is 106 cm³/mol. The Morgan fingerprint density at radius 1 is 1.15 bits per heavy atom.